The first-order chi connectivity index (χ1) is 9.51. The number of carbonyl (C=O) groups is 1. The molecule has 0 aliphatic rings. The van der Waals surface area contributed by atoms with Gasteiger partial charge in [0.25, 0.3) is 5.91 Å². The molecule has 0 fully saturated rings. The third kappa shape index (κ3) is 2.91. The molecule has 0 aliphatic carbocycles. The summed E-state index contributed by atoms with van der Waals surface area (Å²) in [5, 5.41) is 2.88. The van der Waals surface area contributed by atoms with Crippen LogP contribution in [0, 0.1) is 13.8 Å². The molecule has 2 aromatic rings. The fraction of sp³-hybridized carbons (Fsp3) is 0.188. The molecule has 1 amide bonds. The molecule has 0 heterocycles. The molecule has 4 nitrogen and oxygen atoms in total. The molecule has 0 saturated carbocycles. The molecule has 0 unspecified atom stereocenters. The fourth-order valence-corrected chi connectivity index (χ4v) is 2.10. The van der Waals surface area contributed by atoms with Crippen LogP contribution in [0.2, 0.25) is 0 Å². The van der Waals surface area contributed by atoms with Crippen LogP contribution < -0.4 is 15.8 Å². The van der Waals surface area contributed by atoms with Crippen molar-refractivity contribution in [3.63, 3.8) is 0 Å². The SMILES string of the molecule is COc1ccc(NC(=O)c2ccc(N)cc2C)cc1C. The van der Waals surface area contributed by atoms with Crippen LogP contribution in [0.3, 0.4) is 0 Å². The van der Waals surface area contributed by atoms with E-state index in [1.807, 2.05) is 32.0 Å². The average molecular weight is 270 g/mol. The molecule has 0 spiro atoms. The zero-order valence-electron chi connectivity index (χ0n) is 11.9. The number of benzene rings is 2. The summed E-state index contributed by atoms with van der Waals surface area (Å²) in [6.07, 6.45) is 0. The first-order valence-electron chi connectivity index (χ1n) is 6.33. The van der Waals surface area contributed by atoms with Gasteiger partial charge in [0.1, 0.15) is 5.75 Å². The molecular formula is C16H18N2O2. The minimum absolute atomic E-state index is 0.146. The van der Waals surface area contributed by atoms with Crippen molar-refractivity contribution in [1.29, 1.82) is 0 Å². The second kappa shape index (κ2) is 5.65. The summed E-state index contributed by atoms with van der Waals surface area (Å²) in [4.78, 5) is 12.2. The topological polar surface area (TPSA) is 64.3 Å². The molecule has 20 heavy (non-hydrogen) atoms. The normalized spacial score (nSPS) is 10.2. The van der Waals surface area contributed by atoms with E-state index in [9.17, 15) is 4.79 Å². The lowest BCUT2D eigenvalue weighted by atomic mass is 10.1. The van der Waals surface area contributed by atoms with E-state index in [0.717, 1.165) is 22.6 Å². The van der Waals surface area contributed by atoms with E-state index in [1.165, 1.54) is 0 Å². The minimum atomic E-state index is -0.146. The zero-order valence-corrected chi connectivity index (χ0v) is 11.9. The Morgan fingerprint density at radius 1 is 1.10 bits per heavy atom. The van der Waals surface area contributed by atoms with Crippen LogP contribution in [0.15, 0.2) is 36.4 Å². The molecule has 2 rings (SSSR count). The lowest BCUT2D eigenvalue weighted by Crippen LogP contribution is -2.13. The Morgan fingerprint density at radius 2 is 1.85 bits per heavy atom. The van der Waals surface area contributed by atoms with Gasteiger partial charge in [0.05, 0.1) is 7.11 Å². The standard InChI is InChI=1S/C16H18N2O2/c1-10-8-12(17)4-6-14(10)16(19)18-13-5-7-15(20-3)11(2)9-13/h4-9H,17H2,1-3H3,(H,18,19). The summed E-state index contributed by atoms with van der Waals surface area (Å²) in [5.74, 6) is 0.652. The van der Waals surface area contributed by atoms with Gasteiger partial charge in [-0.25, -0.2) is 0 Å². The van der Waals surface area contributed by atoms with Crippen molar-refractivity contribution in [1.82, 2.24) is 0 Å². The van der Waals surface area contributed by atoms with Crippen molar-refractivity contribution in [3.05, 3.63) is 53.1 Å². The highest BCUT2D eigenvalue weighted by atomic mass is 16.5. The van der Waals surface area contributed by atoms with Crippen LogP contribution in [0.25, 0.3) is 0 Å². The van der Waals surface area contributed by atoms with Gasteiger partial charge < -0.3 is 15.8 Å². The van der Waals surface area contributed by atoms with Crippen LogP contribution in [0.5, 0.6) is 5.75 Å². The maximum Gasteiger partial charge on any atom is 0.255 e. The number of rotatable bonds is 3. The predicted molar refractivity (Wildman–Crippen MR) is 81.3 cm³/mol. The molecule has 104 valence electrons. The smallest absolute Gasteiger partial charge is 0.255 e. The Kier molecular flexibility index (Phi) is 3.94. The predicted octanol–water partition coefficient (Wildman–Crippen LogP) is 3.15. The van der Waals surface area contributed by atoms with Gasteiger partial charge in [-0.15, -0.1) is 0 Å². The highest BCUT2D eigenvalue weighted by Crippen LogP contribution is 2.22. The number of nitrogens with one attached hydrogen (secondary N) is 1. The number of carbonyl (C=O) groups excluding carboxylic acids is 1. The molecule has 0 aromatic heterocycles. The van der Waals surface area contributed by atoms with Gasteiger partial charge in [0.15, 0.2) is 0 Å². The summed E-state index contributed by atoms with van der Waals surface area (Å²) in [5.41, 5.74) is 9.52. The van der Waals surface area contributed by atoms with Crippen molar-refractivity contribution in [2.45, 2.75) is 13.8 Å². The first-order valence-corrected chi connectivity index (χ1v) is 6.33. The van der Waals surface area contributed by atoms with Crippen LogP contribution >= 0.6 is 0 Å². The third-order valence-corrected chi connectivity index (χ3v) is 3.15. The molecule has 2 aromatic carbocycles. The number of anilines is 2. The van der Waals surface area contributed by atoms with Crippen molar-refractivity contribution in [2.24, 2.45) is 0 Å². The Bertz CT molecular complexity index is 651. The number of nitrogen functional groups attached to an aromatic ring is 1. The highest BCUT2D eigenvalue weighted by molar-refractivity contribution is 6.05. The molecule has 3 N–H and O–H groups in total. The molecular weight excluding hydrogens is 252 g/mol. The summed E-state index contributed by atoms with van der Waals surface area (Å²) in [6, 6.07) is 10.8. The highest BCUT2D eigenvalue weighted by Gasteiger charge is 2.10. The summed E-state index contributed by atoms with van der Waals surface area (Å²) in [6.45, 7) is 3.80. The van der Waals surface area contributed by atoms with Gasteiger partial charge >= 0.3 is 0 Å². The quantitative estimate of drug-likeness (QED) is 0.842. The van der Waals surface area contributed by atoms with Gasteiger partial charge in [0, 0.05) is 16.9 Å². The van der Waals surface area contributed by atoms with E-state index >= 15 is 0 Å². The molecule has 0 bridgehead atoms. The van der Waals surface area contributed by atoms with Gasteiger partial charge in [-0.1, -0.05) is 0 Å². The van der Waals surface area contributed by atoms with E-state index in [0.29, 0.717) is 11.3 Å². The van der Waals surface area contributed by atoms with E-state index < -0.39 is 0 Å². The van der Waals surface area contributed by atoms with Gasteiger partial charge in [0.2, 0.25) is 0 Å². The minimum Gasteiger partial charge on any atom is -0.496 e. The van der Waals surface area contributed by atoms with E-state index in [-0.39, 0.29) is 5.91 Å². The van der Waals surface area contributed by atoms with Gasteiger partial charge in [-0.2, -0.15) is 0 Å². The second-order valence-corrected chi connectivity index (χ2v) is 4.71. The lowest BCUT2D eigenvalue weighted by molar-refractivity contribution is 0.102. The second-order valence-electron chi connectivity index (χ2n) is 4.71. The fourth-order valence-electron chi connectivity index (χ4n) is 2.10. The Morgan fingerprint density at radius 3 is 2.45 bits per heavy atom. The molecule has 0 radical (unpaired) electrons. The number of ether oxygens (including phenoxy) is 1. The Hall–Kier alpha value is -2.49. The van der Waals surface area contributed by atoms with E-state index in [1.54, 1.807) is 25.3 Å². The maximum absolute atomic E-state index is 12.2. The molecule has 0 aliphatic heterocycles. The van der Waals surface area contributed by atoms with E-state index in [4.69, 9.17) is 10.5 Å². The average Bonchev–Trinajstić information content (AvgIpc) is 2.38. The van der Waals surface area contributed by atoms with Crippen LogP contribution in [-0.4, -0.2) is 13.0 Å². The molecule has 4 heteroatoms. The van der Waals surface area contributed by atoms with Gasteiger partial charge in [-0.3, -0.25) is 4.79 Å². The number of hydrogen-bond donors (Lipinski definition) is 2. The zero-order chi connectivity index (χ0) is 14.7. The van der Waals surface area contributed by atoms with E-state index in [2.05, 4.69) is 5.32 Å². The van der Waals surface area contributed by atoms with Gasteiger partial charge in [-0.05, 0) is 61.4 Å². The van der Waals surface area contributed by atoms with Crippen molar-refractivity contribution in [3.8, 4) is 5.75 Å². The maximum atomic E-state index is 12.2. The summed E-state index contributed by atoms with van der Waals surface area (Å²) < 4.78 is 5.20. The number of nitrogens with two attached hydrogens (primary N) is 1. The largest absolute Gasteiger partial charge is 0.496 e. The number of hydrogen-bond acceptors (Lipinski definition) is 3. The van der Waals surface area contributed by atoms with Crippen molar-refractivity contribution in [2.75, 3.05) is 18.2 Å². The Labute approximate surface area is 118 Å². The van der Waals surface area contributed by atoms with Crippen molar-refractivity contribution >= 4 is 17.3 Å². The summed E-state index contributed by atoms with van der Waals surface area (Å²) >= 11 is 0. The Balaban J connectivity index is 2.21. The number of aryl methyl sites for hydroxylation is 2. The molecule has 0 atom stereocenters. The number of methoxy groups -OCH3 is 1. The third-order valence-electron chi connectivity index (χ3n) is 3.15. The monoisotopic (exact) mass is 270 g/mol. The van der Waals surface area contributed by atoms with Crippen LogP contribution in [-0.2, 0) is 0 Å². The summed E-state index contributed by atoms with van der Waals surface area (Å²) in [7, 11) is 1.62. The number of amides is 1. The van der Waals surface area contributed by atoms with Crippen molar-refractivity contribution < 1.29 is 9.53 Å². The lowest BCUT2D eigenvalue weighted by Gasteiger charge is -2.10. The van der Waals surface area contributed by atoms with Crippen LogP contribution in [0.1, 0.15) is 21.5 Å². The molecule has 0 saturated heterocycles. The van der Waals surface area contributed by atoms with Crippen LogP contribution in [0.4, 0.5) is 11.4 Å². The first kappa shape index (κ1) is 13.9.